The molecule has 3 fully saturated rings. The van der Waals surface area contributed by atoms with Gasteiger partial charge in [-0.05, 0) is 88.8 Å². The molecule has 2 aliphatic heterocycles. The number of benzene rings is 1. The quantitative estimate of drug-likeness (QED) is 0.604. The number of nitrogens with one attached hydrogen (secondary N) is 2. The van der Waals surface area contributed by atoms with Crippen molar-refractivity contribution >= 4 is 17.6 Å². The highest BCUT2D eigenvalue weighted by atomic mass is 16.5. The first kappa shape index (κ1) is 23.5. The Morgan fingerprint density at radius 1 is 0.914 bits per heavy atom. The predicted molar refractivity (Wildman–Crippen MR) is 133 cm³/mol. The number of hydrogen-bond donors (Lipinski definition) is 2. The number of pyridine rings is 1. The van der Waals surface area contributed by atoms with E-state index in [-0.39, 0.29) is 17.9 Å². The van der Waals surface area contributed by atoms with Crippen LogP contribution in [0.2, 0.25) is 0 Å². The summed E-state index contributed by atoms with van der Waals surface area (Å²) < 4.78 is 11.2. The molecule has 1 aliphatic carbocycles. The summed E-state index contributed by atoms with van der Waals surface area (Å²) >= 11 is 0. The number of hydrogen-bond acceptors (Lipinski definition) is 6. The average Bonchev–Trinajstić information content (AvgIpc) is 3.62. The number of carbonyl (C=O) groups is 2. The van der Waals surface area contributed by atoms with Crippen molar-refractivity contribution in [1.29, 1.82) is 0 Å². The van der Waals surface area contributed by atoms with Crippen LogP contribution in [0.15, 0.2) is 42.6 Å². The first-order valence-corrected chi connectivity index (χ1v) is 12.5. The van der Waals surface area contributed by atoms with Crippen LogP contribution < -0.4 is 25.0 Å². The van der Waals surface area contributed by atoms with Gasteiger partial charge in [0.05, 0.1) is 12.7 Å². The SMILES string of the molecule is COc1ccc(OC(C)(C)C(=O)N[C@H]2C[C@H]3CC[C@@H](C2)N3c2ccc(C(=O)NC3CC3)cn2)cc1. The Kier molecular flexibility index (Phi) is 6.30. The molecule has 3 atom stereocenters. The number of ether oxygens (including phenoxy) is 2. The van der Waals surface area contributed by atoms with E-state index in [1.807, 2.05) is 24.3 Å². The summed E-state index contributed by atoms with van der Waals surface area (Å²) in [7, 11) is 1.62. The Labute approximate surface area is 206 Å². The number of rotatable bonds is 8. The van der Waals surface area contributed by atoms with Gasteiger partial charge in [-0.25, -0.2) is 4.98 Å². The van der Waals surface area contributed by atoms with Gasteiger partial charge in [-0.1, -0.05) is 0 Å². The number of carbonyl (C=O) groups excluding carboxylic acids is 2. The largest absolute Gasteiger partial charge is 0.497 e. The van der Waals surface area contributed by atoms with Crippen molar-refractivity contribution in [3.8, 4) is 11.5 Å². The molecule has 186 valence electrons. The number of methoxy groups -OCH3 is 1. The highest BCUT2D eigenvalue weighted by Gasteiger charge is 2.43. The minimum Gasteiger partial charge on any atom is -0.497 e. The van der Waals surface area contributed by atoms with Crippen LogP contribution in [0.4, 0.5) is 5.82 Å². The van der Waals surface area contributed by atoms with Gasteiger partial charge >= 0.3 is 0 Å². The summed E-state index contributed by atoms with van der Waals surface area (Å²) in [5, 5.41) is 6.24. The van der Waals surface area contributed by atoms with Crippen molar-refractivity contribution < 1.29 is 19.1 Å². The second-order valence-corrected chi connectivity index (χ2v) is 10.4. The molecule has 2 saturated heterocycles. The molecule has 2 N–H and O–H groups in total. The number of piperidine rings is 1. The van der Waals surface area contributed by atoms with Gasteiger partial charge in [-0.15, -0.1) is 0 Å². The Hall–Kier alpha value is -3.29. The summed E-state index contributed by atoms with van der Waals surface area (Å²) in [6.45, 7) is 3.59. The predicted octanol–water partition coefficient (Wildman–Crippen LogP) is 3.46. The molecule has 35 heavy (non-hydrogen) atoms. The number of amides is 2. The van der Waals surface area contributed by atoms with Gasteiger partial charge < -0.3 is 25.0 Å². The number of nitrogens with zero attached hydrogens (tertiary/aromatic N) is 2. The molecule has 1 aromatic heterocycles. The molecule has 0 radical (unpaired) electrons. The normalized spacial score (nSPS) is 23.5. The van der Waals surface area contributed by atoms with Crippen LogP contribution in [0.25, 0.3) is 0 Å². The molecule has 2 bridgehead atoms. The molecule has 2 amide bonds. The summed E-state index contributed by atoms with van der Waals surface area (Å²) in [4.78, 5) is 32.4. The highest BCUT2D eigenvalue weighted by molar-refractivity contribution is 5.94. The molecule has 2 aromatic rings. The van der Waals surface area contributed by atoms with Crippen molar-refractivity contribution in [3.63, 3.8) is 0 Å². The zero-order chi connectivity index (χ0) is 24.6. The molecular weight excluding hydrogens is 444 g/mol. The van der Waals surface area contributed by atoms with Crippen LogP contribution in [-0.4, -0.2) is 53.7 Å². The van der Waals surface area contributed by atoms with Crippen LogP contribution in [0, 0.1) is 0 Å². The lowest BCUT2D eigenvalue weighted by Crippen LogP contribution is -2.55. The van der Waals surface area contributed by atoms with Gasteiger partial charge in [0, 0.05) is 30.4 Å². The topological polar surface area (TPSA) is 92.8 Å². The summed E-state index contributed by atoms with van der Waals surface area (Å²) in [6, 6.07) is 12.1. The molecule has 3 heterocycles. The van der Waals surface area contributed by atoms with E-state index in [1.54, 1.807) is 39.3 Å². The fourth-order valence-corrected chi connectivity index (χ4v) is 5.18. The smallest absolute Gasteiger partial charge is 0.263 e. The molecule has 0 spiro atoms. The second-order valence-electron chi connectivity index (χ2n) is 10.4. The van der Waals surface area contributed by atoms with E-state index in [0.717, 1.165) is 50.1 Å². The van der Waals surface area contributed by atoms with Gasteiger partial charge in [0.1, 0.15) is 17.3 Å². The summed E-state index contributed by atoms with van der Waals surface area (Å²) in [5.74, 6) is 2.12. The third-order valence-electron chi connectivity index (χ3n) is 7.23. The van der Waals surface area contributed by atoms with Gasteiger partial charge in [0.2, 0.25) is 0 Å². The Balaban J connectivity index is 1.18. The Bertz CT molecular complexity index is 1050. The minimum absolute atomic E-state index is 0.0459. The van der Waals surface area contributed by atoms with Crippen molar-refractivity contribution in [2.24, 2.45) is 0 Å². The fraction of sp³-hybridized carbons (Fsp3) is 0.519. The lowest BCUT2D eigenvalue weighted by Gasteiger charge is -2.40. The highest BCUT2D eigenvalue weighted by Crippen LogP contribution is 2.39. The van der Waals surface area contributed by atoms with Gasteiger partial charge in [-0.3, -0.25) is 9.59 Å². The maximum Gasteiger partial charge on any atom is 0.263 e. The average molecular weight is 479 g/mol. The molecule has 3 aliphatic rings. The van der Waals surface area contributed by atoms with E-state index in [0.29, 0.717) is 29.4 Å². The Morgan fingerprint density at radius 2 is 1.57 bits per heavy atom. The second kappa shape index (κ2) is 9.40. The molecule has 1 aromatic carbocycles. The van der Waals surface area contributed by atoms with E-state index in [9.17, 15) is 9.59 Å². The molecular formula is C27H34N4O4. The molecule has 1 saturated carbocycles. The number of fused-ring (bicyclic) bond motifs is 2. The maximum atomic E-state index is 13.1. The molecule has 0 unspecified atom stereocenters. The van der Waals surface area contributed by atoms with E-state index >= 15 is 0 Å². The van der Waals surface area contributed by atoms with E-state index in [4.69, 9.17) is 9.47 Å². The van der Waals surface area contributed by atoms with Crippen LogP contribution in [0.1, 0.15) is 62.7 Å². The first-order valence-electron chi connectivity index (χ1n) is 12.5. The lowest BCUT2D eigenvalue weighted by molar-refractivity contribution is -0.135. The summed E-state index contributed by atoms with van der Waals surface area (Å²) in [6.07, 6.45) is 7.70. The van der Waals surface area contributed by atoms with Crippen LogP contribution in [0.5, 0.6) is 11.5 Å². The summed E-state index contributed by atoms with van der Waals surface area (Å²) in [5.41, 5.74) is -0.391. The number of aromatic nitrogens is 1. The van der Waals surface area contributed by atoms with Gasteiger partial charge in [-0.2, -0.15) is 0 Å². The zero-order valence-corrected chi connectivity index (χ0v) is 20.6. The Morgan fingerprint density at radius 3 is 2.14 bits per heavy atom. The maximum absolute atomic E-state index is 13.1. The third-order valence-corrected chi connectivity index (χ3v) is 7.23. The van der Waals surface area contributed by atoms with Crippen LogP contribution in [0.3, 0.4) is 0 Å². The first-order chi connectivity index (χ1) is 16.8. The van der Waals surface area contributed by atoms with E-state index < -0.39 is 5.60 Å². The van der Waals surface area contributed by atoms with Crippen molar-refractivity contribution in [2.75, 3.05) is 12.0 Å². The monoisotopic (exact) mass is 478 g/mol. The zero-order valence-electron chi connectivity index (χ0n) is 20.6. The molecule has 8 nitrogen and oxygen atoms in total. The van der Waals surface area contributed by atoms with Gasteiger partial charge in [0.15, 0.2) is 5.60 Å². The lowest BCUT2D eigenvalue weighted by atomic mass is 9.96. The van der Waals surface area contributed by atoms with E-state index in [2.05, 4.69) is 20.5 Å². The third kappa shape index (κ3) is 5.21. The van der Waals surface area contributed by atoms with Crippen LogP contribution in [-0.2, 0) is 4.79 Å². The minimum atomic E-state index is -0.997. The number of anilines is 1. The van der Waals surface area contributed by atoms with E-state index in [1.165, 1.54) is 0 Å². The fourth-order valence-electron chi connectivity index (χ4n) is 5.18. The standard InChI is InChI=1S/C27H34N4O4/c1-27(2,35-23-11-9-22(34-3)10-12-23)26(33)30-19-14-20-7-8-21(15-19)31(20)24-13-4-17(16-28-24)25(32)29-18-5-6-18/h4,9-13,16,18-21H,5-8,14-15H2,1-3H3,(H,29,32)(H,30,33)/t19-,20+,21-. The van der Waals surface area contributed by atoms with Crippen molar-refractivity contribution in [2.45, 2.75) is 82.1 Å². The molecule has 5 rings (SSSR count). The van der Waals surface area contributed by atoms with Crippen LogP contribution >= 0.6 is 0 Å². The van der Waals surface area contributed by atoms with Crippen molar-refractivity contribution in [1.82, 2.24) is 15.6 Å². The molecule has 8 heteroatoms. The van der Waals surface area contributed by atoms with Gasteiger partial charge in [0.25, 0.3) is 11.8 Å². The van der Waals surface area contributed by atoms with Crippen molar-refractivity contribution in [3.05, 3.63) is 48.2 Å².